The monoisotopic (exact) mass is 204 g/mol. The van der Waals surface area contributed by atoms with Gasteiger partial charge < -0.3 is 0 Å². The Balaban J connectivity index is 2.14. The molecule has 0 bridgehead atoms. The average Bonchev–Trinajstić information content (AvgIpc) is 2.61. The van der Waals surface area contributed by atoms with E-state index in [0.29, 0.717) is 6.04 Å². The van der Waals surface area contributed by atoms with Crippen molar-refractivity contribution in [2.45, 2.75) is 38.8 Å². The molecule has 2 heterocycles. The molecule has 2 heteroatoms. The number of rotatable bonds is 2. The van der Waals surface area contributed by atoms with Gasteiger partial charge in [-0.25, -0.2) is 0 Å². The van der Waals surface area contributed by atoms with E-state index in [-0.39, 0.29) is 0 Å². The van der Waals surface area contributed by atoms with Crippen molar-refractivity contribution in [3.05, 3.63) is 30.1 Å². The summed E-state index contributed by atoms with van der Waals surface area (Å²) in [5.74, 6) is 0.747. The largest absolute Gasteiger partial charge is 0.296 e. The second kappa shape index (κ2) is 4.31. The molecule has 2 atom stereocenters. The van der Waals surface area contributed by atoms with E-state index in [1.54, 1.807) is 0 Å². The average molecular weight is 204 g/mol. The molecule has 1 saturated heterocycles. The summed E-state index contributed by atoms with van der Waals surface area (Å²) in [7, 11) is 2.25. The molecule has 0 aromatic carbocycles. The van der Waals surface area contributed by atoms with E-state index in [4.69, 9.17) is 0 Å². The Bertz CT molecular complexity index is 308. The maximum atomic E-state index is 4.21. The zero-order chi connectivity index (χ0) is 10.8. The fraction of sp³-hybridized carbons (Fsp3) is 0.615. The second-order valence-electron chi connectivity index (χ2n) is 4.86. The van der Waals surface area contributed by atoms with E-state index in [1.807, 2.05) is 18.5 Å². The van der Waals surface area contributed by atoms with Crippen LogP contribution in [-0.4, -0.2) is 23.0 Å². The number of hydrogen-bond donors (Lipinski definition) is 0. The molecule has 1 fully saturated rings. The van der Waals surface area contributed by atoms with Crippen LogP contribution in [0.25, 0.3) is 0 Å². The molecule has 82 valence electrons. The predicted molar refractivity (Wildman–Crippen MR) is 62.6 cm³/mol. The lowest BCUT2D eigenvalue weighted by atomic mass is 10.0. The van der Waals surface area contributed by atoms with Crippen LogP contribution in [0.4, 0.5) is 0 Å². The van der Waals surface area contributed by atoms with Crippen LogP contribution in [0.3, 0.4) is 0 Å². The fourth-order valence-corrected chi connectivity index (χ4v) is 2.75. The van der Waals surface area contributed by atoms with Crippen LogP contribution in [0, 0.1) is 5.92 Å². The maximum Gasteiger partial charge on any atom is 0.0363 e. The van der Waals surface area contributed by atoms with Gasteiger partial charge in [0.15, 0.2) is 0 Å². The van der Waals surface area contributed by atoms with E-state index in [1.165, 1.54) is 18.4 Å². The third kappa shape index (κ3) is 2.05. The summed E-state index contributed by atoms with van der Waals surface area (Å²) in [6, 6.07) is 5.53. The molecular formula is C13H20N2. The normalized spacial score (nSPS) is 27.5. The fourth-order valence-electron chi connectivity index (χ4n) is 2.75. The van der Waals surface area contributed by atoms with Crippen molar-refractivity contribution in [1.29, 1.82) is 0 Å². The van der Waals surface area contributed by atoms with Gasteiger partial charge in [0.05, 0.1) is 0 Å². The minimum absolute atomic E-state index is 0.575. The Kier molecular flexibility index (Phi) is 3.06. The minimum atomic E-state index is 0.575. The van der Waals surface area contributed by atoms with Crippen LogP contribution < -0.4 is 0 Å². The van der Waals surface area contributed by atoms with E-state index >= 15 is 0 Å². The van der Waals surface area contributed by atoms with Crippen molar-refractivity contribution in [3.8, 4) is 0 Å². The second-order valence-corrected chi connectivity index (χ2v) is 4.86. The van der Waals surface area contributed by atoms with Crippen LogP contribution in [0.15, 0.2) is 24.5 Å². The van der Waals surface area contributed by atoms with Crippen LogP contribution in [-0.2, 0) is 0 Å². The highest BCUT2D eigenvalue weighted by Gasteiger charge is 2.32. The van der Waals surface area contributed by atoms with E-state index in [0.717, 1.165) is 12.0 Å². The van der Waals surface area contributed by atoms with Crippen LogP contribution >= 0.6 is 0 Å². The summed E-state index contributed by atoms with van der Waals surface area (Å²) in [6.07, 6.45) is 6.43. The van der Waals surface area contributed by atoms with E-state index in [9.17, 15) is 0 Å². The van der Waals surface area contributed by atoms with Gasteiger partial charge in [-0.05, 0) is 37.4 Å². The molecule has 1 aromatic rings. The molecular weight excluding hydrogens is 184 g/mol. The topological polar surface area (TPSA) is 16.1 Å². The van der Waals surface area contributed by atoms with Gasteiger partial charge in [0, 0.05) is 24.5 Å². The van der Waals surface area contributed by atoms with Crippen molar-refractivity contribution in [2.24, 2.45) is 5.92 Å². The van der Waals surface area contributed by atoms with Crippen molar-refractivity contribution >= 4 is 0 Å². The number of pyridine rings is 1. The molecule has 0 unspecified atom stereocenters. The number of likely N-dealkylation sites (tertiary alicyclic amines) is 1. The molecule has 1 aliphatic rings. The van der Waals surface area contributed by atoms with Crippen molar-refractivity contribution in [3.63, 3.8) is 0 Å². The Labute approximate surface area is 92.3 Å². The zero-order valence-electron chi connectivity index (χ0n) is 9.85. The lowest BCUT2D eigenvalue weighted by Crippen LogP contribution is -2.31. The Morgan fingerprint density at radius 1 is 1.40 bits per heavy atom. The highest BCUT2D eigenvalue weighted by Crippen LogP contribution is 2.36. The van der Waals surface area contributed by atoms with Gasteiger partial charge >= 0.3 is 0 Å². The third-order valence-corrected chi connectivity index (χ3v) is 3.59. The minimum Gasteiger partial charge on any atom is -0.296 e. The first-order valence-corrected chi connectivity index (χ1v) is 5.82. The van der Waals surface area contributed by atoms with Gasteiger partial charge in [-0.2, -0.15) is 0 Å². The number of hydrogen-bond acceptors (Lipinski definition) is 2. The smallest absolute Gasteiger partial charge is 0.0363 e. The van der Waals surface area contributed by atoms with Gasteiger partial charge in [0.2, 0.25) is 0 Å². The summed E-state index contributed by atoms with van der Waals surface area (Å²) in [5.41, 5.74) is 1.36. The van der Waals surface area contributed by atoms with Gasteiger partial charge in [0.1, 0.15) is 0 Å². The zero-order valence-corrected chi connectivity index (χ0v) is 9.85. The van der Waals surface area contributed by atoms with Crippen molar-refractivity contribution in [1.82, 2.24) is 9.88 Å². The highest BCUT2D eigenvalue weighted by atomic mass is 15.2. The lowest BCUT2D eigenvalue weighted by molar-refractivity contribution is 0.200. The Morgan fingerprint density at radius 2 is 2.20 bits per heavy atom. The summed E-state index contributed by atoms with van der Waals surface area (Å²) in [6.45, 7) is 4.62. The SMILES string of the molecule is CC(C)[C@H]1CC[C@@H](c2cccnc2)N1C. The molecule has 0 spiro atoms. The lowest BCUT2D eigenvalue weighted by Gasteiger charge is -2.28. The highest BCUT2D eigenvalue weighted by molar-refractivity contribution is 5.16. The molecule has 0 N–H and O–H groups in total. The summed E-state index contributed by atoms with van der Waals surface area (Å²) < 4.78 is 0. The number of aromatic nitrogens is 1. The van der Waals surface area contributed by atoms with Gasteiger partial charge in [0.25, 0.3) is 0 Å². The molecule has 2 rings (SSSR count). The van der Waals surface area contributed by atoms with Crippen LogP contribution in [0.2, 0.25) is 0 Å². The quantitative estimate of drug-likeness (QED) is 0.736. The van der Waals surface area contributed by atoms with E-state index < -0.39 is 0 Å². The molecule has 0 aliphatic carbocycles. The summed E-state index contributed by atoms with van der Waals surface area (Å²) in [4.78, 5) is 6.72. The van der Waals surface area contributed by atoms with Crippen LogP contribution in [0.5, 0.6) is 0 Å². The molecule has 0 saturated carbocycles. The summed E-state index contributed by atoms with van der Waals surface area (Å²) >= 11 is 0. The first kappa shape index (κ1) is 10.6. The molecule has 15 heavy (non-hydrogen) atoms. The van der Waals surface area contributed by atoms with Gasteiger partial charge in [-0.15, -0.1) is 0 Å². The standard InChI is InChI=1S/C13H20N2/c1-10(2)12-6-7-13(15(12)3)11-5-4-8-14-9-11/h4-5,8-10,12-13H,6-7H2,1-3H3/t12-,13+/m1/s1. The van der Waals surface area contributed by atoms with Crippen molar-refractivity contribution < 1.29 is 0 Å². The molecule has 2 nitrogen and oxygen atoms in total. The molecule has 0 amide bonds. The first-order valence-electron chi connectivity index (χ1n) is 5.82. The maximum absolute atomic E-state index is 4.21. The Morgan fingerprint density at radius 3 is 2.73 bits per heavy atom. The molecule has 1 aliphatic heterocycles. The number of nitrogens with zero attached hydrogens (tertiary/aromatic N) is 2. The van der Waals surface area contributed by atoms with Crippen LogP contribution in [0.1, 0.15) is 38.3 Å². The first-order chi connectivity index (χ1) is 7.20. The molecule has 0 radical (unpaired) electrons. The summed E-state index contributed by atoms with van der Waals surface area (Å²) in [5, 5.41) is 0. The third-order valence-electron chi connectivity index (χ3n) is 3.59. The predicted octanol–water partition coefficient (Wildman–Crippen LogP) is 2.87. The van der Waals surface area contributed by atoms with E-state index in [2.05, 4.69) is 36.8 Å². The van der Waals surface area contributed by atoms with Crippen molar-refractivity contribution in [2.75, 3.05) is 7.05 Å². The van der Waals surface area contributed by atoms with Gasteiger partial charge in [-0.1, -0.05) is 19.9 Å². The van der Waals surface area contributed by atoms with Gasteiger partial charge in [-0.3, -0.25) is 9.88 Å². The Hall–Kier alpha value is -0.890. The molecule has 1 aromatic heterocycles.